The summed E-state index contributed by atoms with van der Waals surface area (Å²) >= 11 is 0. The van der Waals surface area contributed by atoms with Gasteiger partial charge in [-0.3, -0.25) is 5.43 Å². The Morgan fingerprint density at radius 3 is 2.56 bits per heavy atom. The molecule has 0 radical (unpaired) electrons. The quantitative estimate of drug-likeness (QED) is 0.742. The van der Waals surface area contributed by atoms with E-state index in [2.05, 4.69) is 42.9 Å². The predicted octanol–water partition coefficient (Wildman–Crippen LogP) is 1.66. The zero-order valence-corrected chi connectivity index (χ0v) is 9.95. The molecule has 1 aromatic rings. The van der Waals surface area contributed by atoms with Crippen molar-refractivity contribution in [2.75, 3.05) is 0 Å². The van der Waals surface area contributed by atoms with Gasteiger partial charge in [0.1, 0.15) is 6.29 Å². The molecule has 0 bridgehead atoms. The lowest BCUT2D eigenvalue weighted by Gasteiger charge is -2.16. The molecule has 2 rings (SSSR count). The fraction of sp³-hybridized carbons (Fsp3) is 0.462. The third-order valence-electron chi connectivity index (χ3n) is 3.48. The second-order valence-corrected chi connectivity index (χ2v) is 4.61. The van der Waals surface area contributed by atoms with Crippen LogP contribution in [0.3, 0.4) is 0 Å². The van der Waals surface area contributed by atoms with Gasteiger partial charge >= 0.3 is 0 Å². The smallest absolute Gasteiger partial charge is 0.126 e. The van der Waals surface area contributed by atoms with Crippen molar-refractivity contribution in [1.29, 1.82) is 0 Å². The molecule has 1 aliphatic rings. The van der Waals surface area contributed by atoms with E-state index < -0.39 is 0 Å². The number of aldehydes is 1. The average Bonchev–Trinajstić information content (AvgIpc) is 2.63. The maximum absolute atomic E-state index is 11.1. The van der Waals surface area contributed by atoms with E-state index in [-0.39, 0.29) is 18.0 Å². The number of carbonyl (C=O) groups is 1. The fourth-order valence-corrected chi connectivity index (χ4v) is 2.16. The Hall–Kier alpha value is -1.19. The van der Waals surface area contributed by atoms with Gasteiger partial charge in [-0.2, -0.15) is 0 Å². The van der Waals surface area contributed by atoms with E-state index in [4.69, 9.17) is 0 Å². The lowest BCUT2D eigenvalue weighted by molar-refractivity contribution is -0.111. The number of hydrogen-bond donors (Lipinski definition) is 2. The molecule has 0 spiro atoms. The number of carbonyl (C=O) groups excluding carboxylic acids is 1. The van der Waals surface area contributed by atoms with Gasteiger partial charge in [-0.15, -0.1) is 0 Å². The summed E-state index contributed by atoms with van der Waals surface area (Å²) in [6, 6.07) is 6.63. The largest absolute Gasteiger partial charge is 0.303 e. The van der Waals surface area contributed by atoms with Gasteiger partial charge in [-0.05, 0) is 37.5 Å². The number of hydrazine groups is 1. The third kappa shape index (κ3) is 1.88. The number of hydrogen-bond acceptors (Lipinski definition) is 3. The van der Waals surface area contributed by atoms with Crippen LogP contribution in [0.1, 0.15) is 29.7 Å². The van der Waals surface area contributed by atoms with E-state index >= 15 is 0 Å². The molecule has 86 valence electrons. The van der Waals surface area contributed by atoms with E-state index in [1.165, 1.54) is 16.7 Å². The van der Waals surface area contributed by atoms with Crippen molar-refractivity contribution in [2.24, 2.45) is 5.92 Å². The van der Waals surface area contributed by atoms with Crippen LogP contribution < -0.4 is 10.9 Å². The Morgan fingerprint density at radius 2 is 1.94 bits per heavy atom. The van der Waals surface area contributed by atoms with E-state index in [1.54, 1.807) is 0 Å². The summed E-state index contributed by atoms with van der Waals surface area (Å²) in [5.74, 6) is 0.00195. The SMILES string of the molecule is Cc1ccc(C2NNC(C)C2C=O)cc1C. The molecule has 1 heterocycles. The highest BCUT2D eigenvalue weighted by atomic mass is 16.1. The van der Waals surface area contributed by atoms with Crippen LogP contribution >= 0.6 is 0 Å². The lowest BCUT2D eigenvalue weighted by Crippen LogP contribution is -2.29. The molecule has 0 saturated carbocycles. The van der Waals surface area contributed by atoms with E-state index in [0.29, 0.717) is 0 Å². The third-order valence-corrected chi connectivity index (χ3v) is 3.48. The average molecular weight is 218 g/mol. The summed E-state index contributed by atoms with van der Waals surface area (Å²) in [4.78, 5) is 11.1. The molecular formula is C13H18N2O. The second kappa shape index (κ2) is 4.36. The standard InChI is InChI=1S/C13H18N2O/c1-8-4-5-11(6-9(8)2)13-12(7-16)10(3)14-15-13/h4-7,10,12-15H,1-3H3. The summed E-state index contributed by atoms with van der Waals surface area (Å²) in [6.07, 6.45) is 1.04. The maximum atomic E-state index is 11.1. The zero-order valence-electron chi connectivity index (χ0n) is 9.95. The van der Waals surface area contributed by atoms with Gasteiger partial charge in [0, 0.05) is 6.04 Å². The summed E-state index contributed by atoms with van der Waals surface area (Å²) in [5.41, 5.74) is 10.0. The van der Waals surface area contributed by atoms with Crippen LogP contribution in [0.15, 0.2) is 18.2 Å². The molecular weight excluding hydrogens is 200 g/mol. The minimum Gasteiger partial charge on any atom is -0.303 e. The molecule has 1 fully saturated rings. The Bertz CT molecular complexity index is 403. The van der Waals surface area contributed by atoms with Crippen LogP contribution in [0.5, 0.6) is 0 Å². The molecule has 0 aliphatic carbocycles. The van der Waals surface area contributed by atoms with Crippen molar-refractivity contribution in [3.63, 3.8) is 0 Å². The van der Waals surface area contributed by atoms with Gasteiger partial charge in [-0.1, -0.05) is 18.2 Å². The molecule has 16 heavy (non-hydrogen) atoms. The van der Waals surface area contributed by atoms with Crippen LogP contribution in [-0.2, 0) is 4.79 Å². The van der Waals surface area contributed by atoms with Crippen LogP contribution in [0.4, 0.5) is 0 Å². The van der Waals surface area contributed by atoms with Crippen LogP contribution in [-0.4, -0.2) is 12.3 Å². The van der Waals surface area contributed by atoms with E-state index in [9.17, 15) is 4.79 Å². The summed E-state index contributed by atoms with van der Waals surface area (Å²) < 4.78 is 0. The normalized spacial score (nSPS) is 29.3. The molecule has 0 aromatic heterocycles. The van der Waals surface area contributed by atoms with Crippen LogP contribution in [0, 0.1) is 19.8 Å². The molecule has 3 atom stereocenters. The molecule has 1 aromatic carbocycles. The topological polar surface area (TPSA) is 41.1 Å². The Labute approximate surface area is 96.2 Å². The van der Waals surface area contributed by atoms with Gasteiger partial charge in [0.05, 0.1) is 12.0 Å². The van der Waals surface area contributed by atoms with Crippen molar-refractivity contribution < 1.29 is 4.79 Å². The molecule has 0 amide bonds. The van der Waals surface area contributed by atoms with E-state index in [1.807, 2.05) is 6.92 Å². The molecule has 3 heteroatoms. The Morgan fingerprint density at radius 1 is 1.19 bits per heavy atom. The highest BCUT2D eigenvalue weighted by Crippen LogP contribution is 2.28. The lowest BCUT2D eigenvalue weighted by atomic mass is 9.90. The minimum absolute atomic E-state index is 0.00195. The fourth-order valence-electron chi connectivity index (χ4n) is 2.16. The monoisotopic (exact) mass is 218 g/mol. The molecule has 1 saturated heterocycles. The molecule has 3 nitrogen and oxygen atoms in total. The highest BCUT2D eigenvalue weighted by Gasteiger charge is 2.33. The number of rotatable bonds is 2. The van der Waals surface area contributed by atoms with Crippen molar-refractivity contribution in [2.45, 2.75) is 32.9 Å². The molecule has 1 aliphatic heterocycles. The number of benzene rings is 1. The van der Waals surface area contributed by atoms with Crippen LogP contribution in [0.2, 0.25) is 0 Å². The Balaban J connectivity index is 2.30. The minimum atomic E-state index is 0.00195. The number of nitrogens with one attached hydrogen (secondary N) is 2. The Kier molecular flexibility index (Phi) is 3.08. The van der Waals surface area contributed by atoms with Gasteiger partial charge in [-0.25, -0.2) is 5.43 Å². The highest BCUT2D eigenvalue weighted by molar-refractivity contribution is 5.58. The van der Waals surface area contributed by atoms with Gasteiger partial charge in [0.2, 0.25) is 0 Å². The van der Waals surface area contributed by atoms with E-state index in [0.717, 1.165) is 6.29 Å². The molecule has 2 N–H and O–H groups in total. The van der Waals surface area contributed by atoms with Crippen molar-refractivity contribution in [1.82, 2.24) is 10.9 Å². The predicted molar refractivity (Wildman–Crippen MR) is 63.9 cm³/mol. The molecule has 3 unspecified atom stereocenters. The first-order chi connectivity index (χ1) is 7.63. The summed E-state index contributed by atoms with van der Waals surface area (Å²) in [7, 11) is 0. The van der Waals surface area contributed by atoms with Gasteiger partial charge in [0.15, 0.2) is 0 Å². The summed E-state index contributed by atoms with van der Waals surface area (Å²) in [6.45, 7) is 6.22. The number of aryl methyl sites for hydroxylation is 2. The maximum Gasteiger partial charge on any atom is 0.126 e. The van der Waals surface area contributed by atoms with Gasteiger partial charge in [0.25, 0.3) is 0 Å². The second-order valence-electron chi connectivity index (χ2n) is 4.61. The first-order valence-corrected chi connectivity index (χ1v) is 5.67. The van der Waals surface area contributed by atoms with Crippen molar-refractivity contribution in [3.05, 3.63) is 34.9 Å². The zero-order chi connectivity index (χ0) is 11.7. The first-order valence-electron chi connectivity index (χ1n) is 5.67. The first kappa shape index (κ1) is 11.3. The van der Waals surface area contributed by atoms with Gasteiger partial charge < -0.3 is 4.79 Å². The van der Waals surface area contributed by atoms with Crippen molar-refractivity contribution >= 4 is 6.29 Å². The summed E-state index contributed by atoms with van der Waals surface area (Å²) in [5, 5.41) is 0. The van der Waals surface area contributed by atoms with Crippen molar-refractivity contribution in [3.8, 4) is 0 Å². The van der Waals surface area contributed by atoms with Crippen LogP contribution in [0.25, 0.3) is 0 Å².